The Labute approximate surface area is 107 Å². The molecule has 9 heteroatoms. The van der Waals surface area contributed by atoms with E-state index in [-0.39, 0.29) is 22.9 Å². The molecule has 0 aliphatic heterocycles. The number of nitrogens with two attached hydrogens (primary N) is 1. The lowest BCUT2D eigenvalue weighted by molar-refractivity contribution is -0.385. The zero-order valence-corrected chi connectivity index (χ0v) is 9.89. The second-order valence-corrected chi connectivity index (χ2v) is 3.77. The molecule has 0 aromatic carbocycles. The Morgan fingerprint density at radius 1 is 1.58 bits per heavy atom. The van der Waals surface area contributed by atoms with Crippen molar-refractivity contribution >= 4 is 11.5 Å². The van der Waals surface area contributed by atoms with Gasteiger partial charge in [-0.05, 0) is 12.5 Å². The Bertz CT molecular complexity index is 663. The van der Waals surface area contributed by atoms with Crippen LogP contribution in [0.25, 0.3) is 5.82 Å². The molecule has 0 aliphatic carbocycles. The topological polar surface area (TPSA) is 132 Å². The number of amidine groups is 1. The molecule has 2 rings (SSSR count). The van der Waals surface area contributed by atoms with E-state index in [1.807, 2.05) is 6.92 Å². The third kappa shape index (κ3) is 2.34. The molecular formula is C10H10N6O3. The van der Waals surface area contributed by atoms with E-state index >= 15 is 0 Å². The minimum Gasteiger partial charge on any atom is -0.409 e. The van der Waals surface area contributed by atoms with E-state index in [0.717, 1.165) is 11.8 Å². The van der Waals surface area contributed by atoms with Crippen LogP contribution >= 0.6 is 0 Å². The van der Waals surface area contributed by atoms with Gasteiger partial charge in [0.15, 0.2) is 11.7 Å². The van der Waals surface area contributed by atoms with Crippen LogP contribution in [0.15, 0.2) is 29.8 Å². The van der Waals surface area contributed by atoms with Gasteiger partial charge >= 0.3 is 0 Å². The van der Waals surface area contributed by atoms with Crippen LogP contribution in [0.5, 0.6) is 0 Å². The van der Waals surface area contributed by atoms with Gasteiger partial charge in [0, 0.05) is 12.3 Å². The summed E-state index contributed by atoms with van der Waals surface area (Å²) in [5, 5.41) is 26.3. The largest absolute Gasteiger partial charge is 0.409 e. The zero-order chi connectivity index (χ0) is 14.0. The highest BCUT2D eigenvalue weighted by molar-refractivity contribution is 6.00. The van der Waals surface area contributed by atoms with Gasteiger partial charge in [-0.15, -0.1) is 0 Å². The molecule has 0 spiro atoms. The predicted molar refractivity (Wildman–Crippen MR) is 65.3 cm³/mol. The first kappa shape index (κ1) is 12.5. The van der Waals surface area contributed by atoms with Crippen molar-refractivity contribution < 1.29 is 10.1 Å². The van der Waals surface area contributed by atoms with Gasteiger partial charge in [0.25, 0.3) is 5.69 Å². The first-order valence-electron chi connectivity index (χ1n) is 5.17. The van der Waals surface area contributed by atoms with E-state index in [4.69, 9.17) is 10.9 Å². The summed E-state index contributed by atoms with van der Waals surface area (Å²) in [7, 11) is 0. The maximum Gasteiger partial charge on any atom is 0.288 e. The first-order chi connectivity index (χ1) is 9.02. The number of nitro groups is 1. The molecule has 0 amide bonds. The number of aromatic nitrogens is 3. The number of nitrogens with zero attached hydrogens (tertiary/aromatic N) is 5. The van der Waals surface area contributed by atoms with E-state index in [1.165, 1.54) is 10.7 Å². The van der Waals surface area contributed by atoms with Crippen LogP contribution in [0.2, 0.25) is 0 Å². The normalized spacial score (nSPS) is 11.5. The molecule has 0 saturated carbocycles. The van der Waals surface area contributed by atoms with Crippen LogP contribution < -0.4 is 5.73 Å². The summed E-state index contributed by atoms with van der Waals surface area (Å²) in [5.41, 5.74) is 6.25. The molecule has 0 radical (unpaired) electrons. The van der Waals surface area contributed by atoms with Crippen molar-refractivity contribution in [3.63, 3.8) is 0 Å². The lowest BCUT2D eigenvalue weighted by Crippen LogP contribution is -2.18. The summed E-state index contributed by atoms with van der Waals surface area (Å²) in [6.45, 7) is 1.83. The van der Waals surface area contributed by atoms with E-state index in [1.54, 1.807) is 12.4 Å². The van der Waals surface area contributed by atoms with E-state index < -0.39 is 4.92 Å². The second-order valence-electron chi connectivity index (χ2n) is 3.77. The molecule has 2 aromatic heterocycles. The number of oxime groups is 1. The monoisotopic (exact) mass is 262 g/mol. The van der Waals surface area contributed by atoms with Crippen LogP contribution in [0.3, 0.4) is 0 Å². The first-order valence-corrected chi connectivity index (χ1v) is 5.17. The van der Waals surface area contributed by atoms with Crippen molar-refractivity contribution in [2.45, 2.75) is 6.92 Å². The van der Waals surface area contributed by atoms with Crippen LogP contribution in [-0.2, 0) is 0 Å². The minimum absolute atomic E-state index is 0.125. The van der Waals surface area contributed by atoms with Crippen molar-refractivity contribution in [1.29, 1.82) is 0 Å². The zero-order valence-electron chi connectivity index (χ0n) is 9.89. The average molecular weight is 262 g/mol. The van der Waals surface area contributed by atoms with E-state index in [0.29, 0.717) is 0 Å². The smallest absolute Gasteiger partial charge is 0.288 e. The summed E-state index contributed by atoms with van der Waals surface area (Å²) in [5.74, 6) is -0.0339. The quantitative estimate of drug-likeness (QED) is 0.273. The minimum atomic E-state index is -0.612. The maximum absolute atomic E-state index is 10.7. The molecule has 2 heterocycles. The fraction of sp³-hybridized carbons (Fsp3) is 0.100. The number of rotatable bonds is 3. The van der Waals surface area contributed by atoms with Crippen molar-refractivity contribution in [3.05, 3.63) is 45.9 Å². The lowest BCUT2D eigenvalue weighted by atomic mass is 10.2. The van der Waals surface area contributed by atoms with Crippen LogP contribution in [0, 0.1) is 17.0 Å². The number of hydrogen-bond acceptors (Lipinski definition) is 6. The third-order valence-corrected chi connectivity index (χ3v) is 2.38. The Kier molecular flexibility index (Phi) is 3.10. The molecule has 0 aliphatic rings. The van der Waals surface area contributed by atoms with Crippen molar-refractivity contribution in [3.8, 4) is 5.82 Å². The van der Waals surface area contributed by atoms with Crippen LogP contribution in [0.1, 0.15) is 11.1 Å². The summed E-state index contributed by atoms with van der Waals surface area (Å²) in [4.78, 5) is 14.0. The molecule has 2 aromatic rings. The Balaban J connectivity index is 2.63. The number of hydrogen-bond donors (Lipinski definition) is 2. The molecule has 0 unspecified atom stereocenters. The molecule has 0 fully saturated rings. The average Bonchev–Trinajstić information content (AvgIpc) is 2.83. The summed E-state index contributed by atoms with van der Waals surface area (Å²) >= 11 is 0. The highest BCUT2D eigenvalue weighted by Crippen LogP contribution is 2.18. The third-order valence-electron chi connectivity index (χ3n) is 2.38. The van der Waals surface area contributed by atoms with Crippen molar-refractivity contribution in [1.82, 2.24) is 14.8 Å². The van der Waals surface area contributed by atoms with E-state index in [9.17, 15) is 10.1 Å². The van der Waals surface area contributed by atoms with Crippen molar-refractivity contribution in [2.75, 3.05) is 0 Å². The second kappa shape index (κ2) is 4.72. The van der Waals surface area contributed by atoms with Gasteiger partial charge in [-0.25, -0.2) is 9.67 Å². The Morgan fingerprint density at radius 2 is 2.32 bits per heavy atom. The predicted octanol–water partition coefficient (Wildman–Crippen LogP) is 0.578. The fourth-order valence-electron chi connectivity index (χ4n) is 1.50. The van der Waals surface area contributed by atoms with Gasteiger partial charge in [-0.3, -0.25) is 10.1 Å². The highest BCUT2D eigenvalue weighted by atomic mass is 16.6. The molecule has 0 atom stereocenters. The molecule has 0 bridgehead atoms. The molecule has 3 N–H and O–H groups in total. The summed E-state index contributed by atoms with van der Waals surface area (Å²) < 4.78 is 1.40. The summed E-state index contributed by atoms with van der Waals surface area (Å²) in [6.07, 6.45) is 4.35. The Morgan fingerprint density at radius 3 is 2.84 bits per heavy atom. The Hall–Kier alpha value is -2.97. The lowest BCUT2D eigenvalue weighted by Gasteiger charge is -2.06. The molecule has 0 saturated heterocycles. The number of pyridine rings is 1. The SMILES string of the molecule is Cc1cnn(-c2ncc([N+](=O)[O-])cc2C(N)=NO)c1. The van der Waals surface area contributed by atoms with Crippen molar-refractivity contribution in [2.24, 2.45) is 10.9 Å². The van der Waals surface area contributed by atoms with Gasteiger partial charge in [0.1, 0.15) is 6.20 Å². The fourth-order valence-corrected chi connectivity index (χ4v) is 1.50. The van der Waals surface area contributed by atoms with Gasteiger partial charge in [0.2, 0.25) is 0 Å². The van der Waals surface area contributed by atoms with Crippen LogP contribution in [-0.4, -0.2) is 30.7 Å². The number of aryl methyl sites for hydroxylation is 1. The van der Waals surface area contributed by atoms with Gasteiger partial charge in [0.05, 0.1) is 16.7 Å². The molecule has 9 nitrogen and oxygen atoms in total. The maximum atomic E-state index is 10.7. The molecular weight excluding hydrogens is 252 g/mol. The van der Waals surface area contributed by atoms with Crippen LogP contribution in [0.4, 0.5) is 5.69 Å². The van der Waals surface area contributed by atoms with Gasteiger partial charge in [-0.2, -0.15) is 5.10 Å². The highest BCUT2D eigenvalue weighted by Gasteiger charge is 2.17. The summed E-state index contributed by atoms with van der Waals surface area (Å²) in [6, 6.07) is 1.17. The van der Waals surface area contributed by atoms with Gasteiger partial charge < -0.3 is 10.9 Å². The van der Waals surface area contributed by atoms with E-state index in [2.05, 4.69) is 15.2 Å². The van der Waals surface area contributed by atoms with Gasteiger partial charge in [-0.1, -0.05) is 5.16 Å². The molecule has 98 valence electrons. The molecule has 19 heavy (non-hydrogen) atoms. The standard InChI is InChI=1S/C10H10N6O3/c1-6-3-13-15(5-6)10-8(9(11)14-17)2-7(4-12-10)16(18)19/h2-5,17H,1H3,(H2,11,14).